The van der Waals surface area contributed by atoms with Crippen LogP contribution in [0.25, 0.3) is 10.8 Å². The average Bonchev–Trinajstić information content (AvgIpc) is 3.07. The molecule has 2 bridgehead atoms. The summed E-state index contributed by atoms with van der Waals surface area (Å²) < 4.78 is 0. The zero-order chi connectivity index (χ0) is 14.4. The number of carboxylic acid groups (broad SMARTS) is 1. The summed E-state index contributed by atoms with van der Waals surface area (Å²) in [6.07, 6.45) is 3.20. The second-order valence-electron chi connectivity index (χ2n) is 6.35. The van der Waals surface area contributed by atoms with Crippen LogP contribution in [0, 0.1) is 17.8 Å². The van der Waals surface area contributed by atoms with E-state index in [1.54, 1.807) is 0 Å². The zero-order valence-corrected chi connectivity index (χ0v) is 15.2. The monoisotopic (exact) mass is 391 g/mol. The second-order valence-corrected chi connectivity index (χ2v) is 7.66. The van der Waals surface area contributed by atoms with Crippen LogP contribution in [0.1, 0.15) is 19.3 Å². The van der Waals surface area contributed by atoms with Gasteiger partial charge in [-0.25, -0.2) is 0 Å². The van der Waals surface area contributed by atoms with E-state index in [-0.39, 0.29) is 28.3 Å². The predicted molar refractivity (Wildman–Crippen MR) is 85.5 cm³/mol. The third kappa shape index (κ3) is 2.88. The first-order valence-electron chi connectivity index (χ1n) is 7.59. The van der Waals surface area contributed by atoms with E-state index >= 15 is 0 Å². The van der Waals surface area contributed by atoms with Gasteiger partial charge in [0.2, 0.25) is 0 Å². The van der Waals surface area contributed by atoms with Crippen LogP contribution in [-0.4, -0.2) is 16.3 Å². The molecule has 2 fully saturated rings. The van der Waals surface area contributed by atoms with Gasteiger partial charge in [-0.3, -0.25) is 4.79 Å². The smallest absolute Gasteiger partial charge is 0.306 e. The Morgan fingerprint density at radius 2 is 1.82 bits per heavy atom. The Balaban J connectivity index is 0.00000144. The van der Waals surface area contributed by atoms with Crippen LogP contribution in [-0.2, 0) is 27.2 Å². The van der Waals surface area contributed by atoms with Gasteiger partial charge in [0.05, 0.1) is 5.92 Å². The van der Waals surface area contributed by atoms with E-state index in [1.165, 1.54) is 22.1 Å². The van der Waals surface area contributed by atoms with Crippen LogP contribution in [0.5, 0.6) is 0 Å². The van der Waals surface area contributed by atoms with E-state index in [1.807, 2.05) is 11.8 Å². The molecule has 113 valence electrons. The van der Waals surface area contributed by atoms with Gasteiger partial charge in [0.25, 0.3) is 0 Å². The standard InChI is InChI=1S/C18H18O2S.Nb/c19-18(20)16-8-11-7-15(16)17(9-11)21-14-6-5-12-3-1-2-4-13(12)10-14;/h1-6,10-11,15-17H,7-9H2,(H,19,20);. The Labute approximate surface area is 150 Å². The summed E-state index contributed by atoms with van der Waals surface area (Å²) in [5, 5.41) is 12.4. The van der Waals surface area contributed by atoms with Crippen molar-refractivity contribution in [3.63, 3.8) is 0 Å². The van der Waals surface area contributed by atoms with E-state index in [0.717, 1.165) is 12.8 Å². The number of thioether (sulfide) groups is 1. The van der Waals surface area contributed by atoms with Crippen molar-refractivity contribution < 1.29 is 32.3 Å². The molecule has 22 heavy (non-hydrogen) atoms. The van der Waals surface area contributed by atoms with Gasteiger partial charge in [-0.05, 0) is 54.0 Å². The van der Waals surface area contributed by atoms with Gasteiger partial charge in [-0.1, -0.05) is 30.3 Å². The first-order chi connectivity index (χ1) is 10.2. The molecule has 0 saturated heterocycles. The van der Waals surface area contributed by atoms with Crippen LogP contribution in [0.15, 0.2) is 47.4 Å². The number of fused-ring (bicyclic) bond motifs is 3. The van der Waals surface area contributed by atoms with Crippen LogP contribution in [0.3, 0.4) is 0 Å². The topological polar surface area (TPSA) is 37.3 Å². The minimum absolute atomic E-state index is 0. The second kappa shape index (κ2) is 6.40. The minimum atomic E-state index is -0.591. The van der Waals surface area contributed by atoms with E-state index in [4.69, 9.17) is 0 Å². The maximum Gasteiger partial charge on any atom is 0.306 e. The van der Waals surface area contributed by atoms with Gasteiger partial charge in [0.15, 0.2) is 0 Å². The van der Waals surface area contributed by atoms with Crippen LogP contribution < -0.4 is 0 Å². The molecule has 1 radical (unpaired) electrons. The van der Waals surface area contributed by atoms with Gasteiger partial charge in [0.1, 0.15) is 0 Å². The summed E-state index contributed by atoms with van der Waals surface area (Å²) in [4.78, 5) is 12.6. The SMILES string of the molecule is O=C(O)C1CC2CC(Sc3ccc4ccccc4c3)C1C2.[Nb]. The maximum atomic E-state index is 11.4. The van der Waals surface area contributed by atoms with Crippen molar-refractivity contribution in [2.24, 2.45) is 17.8 Å². The van der Waals surface area contributed by atoms with E-state index < -0.39 is 5.97 Å². The summed E-state index contributed by atoms with van der Waals surface area (Å²) in [5.41, 5.74) is 0. The van der Waals surface area contributed by atoms with Crippen LogP contribution in [0.2, 0.25) is 0 Å². The minimum Gasteiger partial charge on any atom is -0.481 e. The Morgan fingerprint density at radius 1 is 1.05 bits per heavy atom. The van der Waals surface area contributed by atoms with Crippen molar-refractivity contribution in [2.75, 3.05) is 0 Å². The Bertz CT molecular complexity index is 702. The number of aliphatic carboxylic acids is 1. The molecule has 0 heterocycles. The fraction of sp³-hybridized carbons (Fsp3) is 0.389. The number of benzene rings is 2. The fourth-order valence-electron chi connectivity index (χ4n) is 4.12. The predicted octanol–water partition coefficient (Wildman–Crippen LogP) is 4.43. The Morgan fingerprint density at radius 3 is 2.55 bits per heavy atom. The molecule has 4 atom stereocenters. The average molecular weight is 391 g/mol. The molecule has 4 rings (SSSR count). The number of carboxylic acids is 1. The van der Waals surface area contributed by atoms with E-state index in [2.05, 4.69) is 42.5 Å². The number of hydrogen-bond acceptors (Lipinski definition) is 2. The first kappa shape index (κ1) is 16.1. The van der Waals surface area contributed by atoms with Crippen molar-refractivity contribution in [1.82, 2.24) is 0 Å². The summed E-state index contributed by atoms with van der Waals surface area (Å²) in [6.45, 7) is 0. The first-order valence-corrected chi connectivity index (χ1v) is 8.47. The molecule has 1 N–H and O–H groups in total. The Hall–Kier alpha value is -0.740. The molecular weight excluding hydrogens is 373 g/mol. The van der Waals surface area contributed by atoms with Crippen molar-refractivity contribution in [1.29, 1.82) is 0 Å². The molecule has 4 unspecified atom stereocenters. The molecule has 4 heteroatoms. The van der Waals surface area contributed by atoms with Crippen molar-refractivity contribution in [3.8, 4) is 0 Å². The van der Waals surface area contributed by atoms with Crippen LogP contribution >= 0.6 is 11.8 Å². The zero-order valence-electron chi connectivity index (χ0n) is 12.2. The fourth-order valence-corrected chi connectivity index (χ4v) is 5.66. The maximum absolute atomic E-state index is 11.4. The number of hydrogen-bond donors (Lipinski definition) is 1. The molecule has 0 aliphatic heterocycles. The number of rotatable bonds is 3. The summed E-state index contributed by atoms with van der Waals surface area (Å²) in [7, 11) is 0. The van der Waals surface area contributed by atoms with Gasteiger partial charge in [-0.2, -0.15) is 0 Å². The van der Waals surface area contributed by atoms with Gasteiger partial charge < -0.3 is 5.11 Å². The molecule has 0 spiro atoms. The third-order valence-electron chi connectivity index (χ3n) is 5.08. The molecule has 2 aliphatic rings. The van der Waals surface area contributed by atoms with E-state index in [0.29, 0.717) is 17.1 Å². The van der Waals surface area contributed by atoms with Crippen molar-refractivity contribution in [3.05, 3.63) is 42.5 Å². The van der Waals surface area contributed by atoms with Gasteiger partial charge >= 0.3 is 5.97 Å². The number of carbonyl (C=O) groups is 1. The van der Waals surface area contributed by atoms with Crippen LogP contribution in [0.4, 0.5) is 0 Å². The molecule has 2 aromatic carbocycles. The van der Waals surface area contributed by atoms with Crippen molar-refractivity contribution in [2.45, 2.75) is 29.4 Å². The largest absolute Gasteiger partial charge is 0.481 e. The molecule has 2 aliphatic carbocycles. The third-order valence-corrected chi connectivity index (χ3v) is 6.45. The van der Waals surface area contributed by atoms with E-state index in [9.17, 15) is 9.90 Å². The molecule has 2 saturated carbocycles. The summed E-state index contributed by atoms with van der Waals surface area (Å²) in [6, 6.07) is 15.0. The molecular formula is C18H18NbO2S. The quantitative estimate of drug-likeness (QED) is 0.787. The van der Waals surface area contributed by atoms with Crippen molar-refractivity contribution >= 4 is 28.5 Å². The summed E-state index contributed by atoms with van der Waals surface area (Å²) >= 11 is 1.89. The van der Waals surface area contributed by atoms with Gasteiger partial charge in [0, 0.05) is 32.5 Å². The van der Waals surface area contributed by atoms with Gasteiger partial charge in [-0.15, -0.1) is 11.8 Å². The molecule has 0 amide bonds. The summed E-state index contributed by atoms with van der Waals surface area (Å²) in [5.74, 6) is 0.297. The Kier molecular flexibility index (Phi) is 4.69. The normalized spacial score (nSPS) is 29.5. The molecule has 2 aromatic rings. The molecule has 2 nitrogen and oxygen atoms in total. The molecule has 0 aromatic heterocycles.